The molecule has 0 bridgehead atoms. The monoisotopic (exact) mass is 475 g/mol. The maximum Gasteiger partial charge on any atom is 0.303 e. The Balaban J connectivity index is 1.54. The lowest BCUT2D eigenvalue weighted by Crippen LogP contribution is -2.28. The van der Waals surface area contributed by atoms with Gasteiger partial charge in [0, 0.05) is 41.1 Å². The number of nitrogens with zero attached hydrogens (tertiary/aromatic N) is 1. The first-order valence-electron chi connectivity index (χ1n) is 12.0. The average molecular weight is 476 g/mol. The molecule has 1 heterocycles. The van der Waals surface area contributed by atoms with Crippen LogP contribution >= 0.6 is 0 Å². The van der Waals surface area contributed by atoms with Gasteiger partial charge in [-0.25, -0.2) is 0 Å². The minimum Gasteiger partial charge on any atom is -0.493 e. The third-order valence-electron chi connectivity index (χ3n) is 6.84. The summed E-state index contributed by atoms with van der Waals surface area (Å²) in [5, 5.41) is 24.1. The lowest BCUT2D eigenvalue weighted by Gasteiger charge is -2.27. The number of hydrogen-bond acceptors (Lipinski definition) is 5. The summed E-state index contributed by atoms with van der Waals surface area (Å²) in [4.78, 5) is 36.7. The second-order valence-electron chi connectivity index (χ2n) is 9.20. The zero-order valence-corrected chi connectivity index (χ0v) is 19.7. The SMILES string of the molecule is CCCNC(=O)c1ccc2c(c1)[C@]1(CCO2)C[C@H]1C(=O)Nc1cc(C#N)ccc1CCCC(=O)O. The fourth-order valence-electron chi connectivity index (χ4n) is 4.86. The number of ether oxygens (including phenoxy) is 1. The number of aliphatic carboxylic acids is 1. The first-order chi connectivity index (χ1) is 16.9. The molecule has 1 aliphatic heterocycles. The molecule has 1 spiro atoms. The maximum atomic E-state index is 13.3. The molecule has 1 aliphatic carbocycles. The van der Waals surface area contributed by atoms with Gasteiger partial charge >= 0.3 is 5.97 Å². The number of carboxylic acid groups (broad SMARTS) is 1. The third-order valence-corrected chi connectivity index (χ3v) is 6.84. The van der Waals surface area contributed by atoms with Crippen LogP contribution in [0.2, 0.25) is 0 Å². The van der Waals surface area contributed by atoms with Gasteiger partial charge in [0.1, 0.15) is 5.75 Å². The van der Waals surface area contributed by atoms with E-state index in [4.69, 9.17) is 9.84 Å². The minimum atomic E-state index is -0.870. The number of amides is 2. The van der Waals surface area contributed by atoms with Gasteiger partial charge in [0.25, 0.3) is 5.91 Å². The molecule has 0 aromatic heterocycles. The molecule has 182 valence electrons. The van der Waals surface area contributed by atoms with Gasteiger partial charge in [-0.2, -0.15) is 5.26 Å². The quantitative estimate of drug-likeness (QED) is 0.506. The van der Waals surface area contributed by atoms with Crippen LogP contribution in [-0.2, 0) is 21.4 Å². The number of nitrogens with one attached hydrogen (secondary N) is 2. The highest BCUT2D eigenvalue weighted by Crippen LogP contribution is 2.61. The Kier molecular flexibility index (Phi) is 7.06. The van der Waals surface area contributed by atoms with E-state index in [0.29, 0.717) is 61.4 Å². The number of anilines is 1. The molecule has 1 fully saturated rings. The van der Waals surface area contributed by atoms with Crippen LogP contribution in [0.25, 0.3) is 0 Å². The lowest BCUT2D eigenvalue weighted by molar-refractivity contribution is -0.137. The van der Waals surface area contributed by atoms with Crippen molar-refractivity contribution >= 4 is 23.5 Å². The van der Waals surface area contributed by atoms with Crippen molar-refractivity contribution in [2.24, 2.45) is 5.92 Å². The Hall–Kier alpha value is -3.86. The number of carboxylic acids is 1. The van der Waals surface area contributed by atoms with Crippen LogP contribution < -0.4 is 15.4 Å². The molecule has 4 rings (SSSR count). The van der Waals surface area contributed by atoms with Crippen molar-refractivity contribution in [3.63, 3.8) is 0 Å². The van der Waals surface area contributed by atoms with Crippen LogP contribution in [0.4, 0.5) is 5.69 Å². The van der Waals surface area contributed by atoms with Gasteiger partial charge in [-0.05, 0) is 68.0 Å². The fourth-order valence-corrected chi connectivity index (χ4v) is 4.86. The predicted molar refractivity (Wildman–Crippen MR) is 129 cm³/mol. The molecular formula is C27H29N3O5. The highest BCUT2D eigenvalue weighted by atomic mass is 16.5. The minimum absolute atomic E-state index is 0.0318. The Morgan fingerprint density at radius 2 is 2.06 bits per heavy atom. The normalized spacial score (nSPS) is 19.7. The van der Waals surface area contributed by atoms with E-state index < -0.39 is 5.97 Å². The third kappa shape index (κ3) is 5.14. The van der Waals surface area contributed by atoms with Gasteiger partial charge in [-0.3, -0.25) is 14.4 Å². The highest BCUT2D eigenvalue weighted by molar-refractivity contribution is 5.98. The second kappa shape index (κ2) is 10.2. The molecule has 0 radical (unpaired) electrons. The second-order valence-corrected chi connectivity index (χ2v) is 9.20. The number of nitriles is 1. The Morgan fingerprint density at radius 3 is 2.80 bits per heavy atom. The molecule has 2 amide bonds. The average Bonchev–Trinajstić information content (AvgIpc) is 3.57. The number of hydrogen-bond donors (Lipinski definition) is 3. The van der Waals surface area contributed by atoms with E-state index in [1.54, 1.807) is 30.3 Å². The highest BCUT2D eigenvalue weighted by Gasteiger charge is 2.61. The van der Waals surface area contributed by atoms with Crippen molar-refractivity contribution in [3.05, 3.63) is 58.7 Å². The molecule has 2 aromatic rings. The van der Waals surface area contributed by atoms with Crippen LogP contribution in [0.5, 0.6) is 5.75 Å². The zero-order valence-electron chi connectivity index (χ0n) is 19.7. The molecule has 8 heteroatoms. The topological polar surface area (TPSA) is 129 Å². The van der Waals surface area contributed by atoms with Crippen molar-refractivity contribution in [2.45, 2.75) is 50.9 Å². The van der Waals surface area contributed by atoms with E-state index in [-0.39, 0.29) is 29.6 Å². The van der Waals surface area contributed by atoms with Crippen LogP contribution in [0.1, 0.15) is 66.1 Å². The van der Waals surface area contributed by atoms with Crippen LogP contribution in [-0.4, -0.2) is 36.0 Å². The Morgan fingerprint density at radius 1 is 1.23 bits per heavy atom. The number of carbonyl (C=O) groups is 3. The Bertz CT molecular complexity index is 1200. The lowest BCUT2D eigenvalue weighted by atomic mass is 9.86. The molecule has 2 aromatic carbocycles. The van der Waals surface area contributed by atoms with Gasteiger partial charge in [-0.15, -0.1) is 0 Å². The largest absolute Gasteiger partial charge is 0.493 e. The van der Waals surface area contributed by atoms with Crippen LogP contribution in [0, 0.1) is 17.2 Å². The van der Waals surface area contributed by atoms with Gasteiger partial charge in [-0.1, -0.05) is 13.0 Å². The van der Waals surface area contributed by atoms with Gasteiger partial charge in [0.15, 0.2) is 0 Å². The van der Waals surface area contributed by atoms with Crippen LogP contribution in [0.15, 0.2) is 36.4 Å². The number of aryl methyl sites for hydroxylation is 1. The maximum absolute atomic E-state index is 13.3. The molecule has 1 saturated carbocycles. The molecule has 0 saturated heterocycles. The molecule has 3 N–H and O–H groups in total. The predicted octanol–water partition coefficient (Wildman–Crippen LogP) is 3.78. The molecule has 0 unspecified atom stereocenters. The first kappa shape index (κ1) is 24.3. The van der Waals surface area contributed by atoms with Crippen molar-refractivity contribution in [1.29, 1.82) is 5.26 Å². The summed E-state index contributed by atoms with van der Waals surface area (Å²) in [6.45, 7) is 3.09. The van der Waals surface area contributed by atoms with Gasteiger partial charge < -0.3 is 20.5 Å². The van der Waals surface area contributed by atoms with E-state index in [0.717, 1.165) is 17.5 Å². The summed E-state index contributed by atoms with van der Waals surface area (Å²) in [6.07, 6.45) is 3.13. The summed E-state index contributed by atoms with van der Waals surface area (Å²) in [5.74, 6) is -0.731. The van der Waals surface area contributed by atoms with E-state index in [1.807, 2.05) is 13.0 Å². The smallest absolute Gasteiger partial charge is 0.303 e. The summed E-state index contributed by atoms with van der Waals surface area (Å²) >= 11 is 0. The van der Waals surface area contributed by atoms with Crippen LogP contribution in [0.3, 0.4) is 0 Å². The fraction of sp³-hybridized carbons (Fsp3) is 0.407. The summed E-state index contributed by atoms with van der Waals surface area (Å²) in [6, 6.07) is 12.6. The number of benzene rings is 2. The van der Waals surface area contributed by atoms with Crippen molar-refractivity contribution in [2.75, 3.05) is 18.5 Å². The van der Waals surface area contributed by atoms with E-state index in [9.17, 15) is 19.6 Å². The van der Waals surface area contributed by atoms with Crippen molar-refractivity contribution in [3.8, 4) is 11.8 Å². The number of fused-ring (bicyclic) bond motifs is 2. The molecule has 2 aliphatic rings. The zero-order chi connectivity index (χ0) is 25.0. The molecular weight excluding hydrogens is 446 g/mol. The van der Waals surface area contributed by atoms with Gasteiger partial charge in [0.2, 0.25) is 5.91 Å². The van der Waals surface area contributed by atoms with Crippen molar-refractivity contribution < 1.29 is 24.2 Å². The van der Waals surface area contributed by atoms with E-state index >= 15 is 0 Å². The van der Waals surface area contributed by atoms with E-state index in [1.165, 1.54) is 0 Å². The van der Waals surface area contributed by atoms with E-state index in [2.05, 4.69) is 16.7 Å². The molecule has 8 nitrogen and oxygen atoms in total. The molecule has 35 heavy (non-hydrogen) atoms. The molecule has 2 atom stereocenters. The summed E-state index contributed by atoms with van der Waals surface area (Å²) in [7, 11) is 0. The number of rotatable bonds is 9. The summed E-state index contributed by atoms with van der Waals surface area (Å²) < 4.78 is 5.83. The standard InChI is InChI=1S/C27H29N3O5/c1-2-11-29-25(33)19-8-9-23-20(14-19)27(10-12-35-23)15-21(27)26(34)30-22-13-17(16-28)6-7-18(22)4-3-5-24(31)32/h6-9,13-14,21H,2-5,10-12,15H2,1H3,(H,29,33)(H,30,34)(H,31,32)/t21-,27-/m0/s1. The Labute approximate surface area is 204 Å². The summed E-state index contributed by atoms with van der Waals surface area (Å²) in [5.41, 5.74) is 2.83. The van der Waals surface area contributed by atoms with Gasteiger partial charge in [0.05, 0.1) is 18.2 Å². The van der Waals surface area contributed by atoms with Crippen molar-refractivity contribution in [1.82, 2.24) is 5.32 Å². The number of carbonyl (C=O) groups excluding carboxylic acids is 2. The first-order valence-corrected chi connectivity index (χ1v) is 12.0.